The third-order valence-electron chi connectivity index (χ3n) is 4.56. The first-order valence-corrected chi connectivity index (χ1v) is 9.90. The lowest BCUT2D eigenvalue weighted by Gasteiger charge is -2.18. The van der Waals surface area contributed by atoms with Gasteiger partial charge in [-0.05, 0) is 36.6 Å². The molecule has 1 aromatic heterocycles. The molecule has 3 rings (SSSR count). The number of amides is 1. The van der Waals surface area contributed by atoms with E-state index in [1.54, 1.807) is 41.8 Å². The van der Waals surface area contributed by atoms with Crippen LogP contribution in [0.5, 0.6) is 0 Å². The summed E-state index contributed by atoms with van der Waals surface area (Å²) in [5, 5.41) is 3.70. The average molecular weight is 422 g/mol. The van der Waals surface area contributed by atoms with Crippen LogP contribution in [-0.2, 0) is 11.2 Å². The molecule has 0 aliphatic rings. The zero-order valence-electron chi connectivity index (χ0n) is 16.0. The Balaban J connectivity index is 2.08. The monoisotopic (exact) mass is 421 g/mol. The van der Waals surface area contributed by atoms with Gasteiger partial charge in [0, 0.05) is 13.0 Å². The molecule has 0 saturated heterocycles. The highest BCUT2D eigenvalue weighted by Crippen LogP contribution is 2.31. The highest BCUT2D eigenvalue weighted by Gasteiger charge is 2.23. The van der Waals surface area contributed by atoms with E-state index in [9.17, 15) is 9.18 Å². The van der Waals surface area contributed by atoms with Crippen molar-refractivity contribution in [2.24, 2.45) is 5.92 Å². The smallest absolute Gasteiger partial charge is 0.242 e. The summed E-state index contributed by atoms with van der Waals surface area (Å²) in [5.74, 6) is 0.468. The van der Waals surface area contributed by atoms with Crippen molar-refractivity contribution in [3.05, 3.63) is 63.6 Å². The maximum atomic E-state index is 14.2. The lowest BCUT2D eigenvalue weighted by Crippen LogP contribution is -2.34. The summed E-state index contributed by atoms with van der Waals surface area (Å²) >= 11 is 12.3. The van der Waals surface area contributed by atoms with Crippen LogP contribution < -0.4 is 5.32 Å². The molecule has 4 nitrogen and oxygen atoms in total. The molecule has 0 spiro atoms. The maximum absolute atomic E-state index is 14.2. The van der Waals surface area contributed by atoms with Gasteiger partial charge < -0.3 is 9.88 Å². The van der Waals surface area contributed by atoms with E-state index in [1.807, 2.05) is 13.8 Å². The largest absolute Gasteiger partial charge is 0.354 e. The fourth-order valence-electron chi connectivity index (χ4n) is 3.08. The van der Waals surface area contributed by atoms with Gasteiger partial charge in [-0.25, -0.2) is 9.37 Å². The van der Waals surface area contributed by atoms with E-state index in [0.29, 0.717) is 44.9 Å². The highest BCUT2D eigenvalue weighted by atomic mass is 35.5. The Labute approximate surface area is 173 Å². The number of carbonyl (C=O) groups excluding carboxylic acids is 1. The molecule has 0 saturated carbocycles. The standard InChI is InChI=1S/C21H22Cl2FN3O/c1-12(2)11-25-21(28)13(3)27-19-10-16(23)15(22)9-18(19)26-20(27)8-14-6-4-5-7-17(14)24/h4-7,9-10,12-13H,8,11H2,1-3H3,(H,25,28)/t13-/m1/s1. The summed E-state index contributed by atoms with van der Waals surface area (Å²) in [7, 11) is 0. The Bertz CT molecular complexity index is 1020. The number of halogens is 3. The minimum Gasteiger partial charge on any atom is -0.354 e. The number of benzene rings is 2. The van der Waals surface area contributed by atoms with Crippen LogP contribution in [0, 0.1) is 11.7 Å². The van der Waals surface area contributed by atoms with E-state index in [-0.39, 0.29) is 18.1 Å². The van der Waals surface area contributed by atoms with Crippen LogP contribution in [0.3, 0.4) is 0 Å². The Hall–Kier alpha value is -2.11. The normalized spacial score (nSPS) is 12.5. The van der Waals surface area contributed by atoms with Crippen molar-refractivity contribution in [2.45, 2.75) is 33.2 Å². The second-order valence-electron chi connectivity index (χ2n) is 7.24. The summed E-state index contributed by atoms with van der Waals surface area (Å²) in [4.78, 5) is 17.3. The van der Waals surface area contributed by atoms with Crippen LogP contribution in [0.1, 0.15) is 38.2 Å². The molecule has 0 fully saturated rings. The number of hydrogen-bond donors (Lipinski definition) is 1. The predicted octanol–water partition coefficient (Wildman–Crippen LogP) is 5.41. The third-order valence-corrected chi connectivity index (χ3v) is 5.28. The molecule has 0 bridgehead atoms. The molecule has 3 aromatic rings. The molecule has 0 aliphatic carbocycles. The van der Waals surface area contributed by atoms with Crippen molar-refractivity contribution in [1.82, 2.24) is 14.9 Å². The van der Waals surface area contributed by atoms with Crippen LogP contribution in [-0.4, -0.2) is 22.0 Å². The van der Waals surface area contributed by atoms with Crippen LogP contribution in [0.15, 0.2) is 36.4 Å². The summed E-state index contributed by atoms with van der Waals surface area (Å²) in [6.07, 6.45) is 0.248. The summed E-state index contributed by atoms with van der Waals surface area (Å²) in [6, 6.07) is 9.36. The van der Waals surface area contributed by atoms with Crippen molar-refractivity contribution in [1.29, 1.82) is 0 Å². The molecule has 28 heavy (non-hydrogen) atoms. The highest BCUT2D eigenvalue weighted by molar-refractivity contribution is 6.42. The number of imidazole rings is 1. The Morgan fingerprint density at radius 2 is 1.86 bits per heavy atom. The van der Waals surface area contributed by atoms with Gasteiger partial charge in [-0.3, -0.25) is 4.79 Å². The second-order valence-corrected chi connectivity index (χ2v) is 8.05. The minimum absolute atomic E-state index is 0.131. The minimum atomic E-state index is -0.539. The first-order valence-electron chi connectivity index (χ1n) is 9.15. The van der Waals surface area contributed by atoms with Crippen LogP contribution >= 0.6 is 23.2 Å². The maximum Gasteiger partial charge on any atom is 0.242 e. The van der Waals surface area contributed by atoms with Crippen molar-refractivity contribution in [3.8, 4) is 0 Å². The molecule has 1 heterocycles. The average Bonchev–Trinajstić information content (AvgIpc) is 2.98. The summed E-state index contributed by atoms with van der Waals surface area (Å²) in [6.45, 7) is 6.43. The predicted molar refractivity (Wildman–Crippen MR) is 112 cm³/mol. The van der Waals surface area contributed by atoms with Gasteiger partial charge in [0.25, 0.3) is 0 Å². The van der Waals surface area contributed by atoms with Gasteiger partial charge in [0.05, 0.1) is 21.1 Å². The molecule has 1 atom stereocenters. The number of nitrogens with zero attached hydrogens (tertiary/aromatic N) is 2. The molecule has 0 aliphatic heterocycles. The van der Waals surface area contributed by atoms with Gasteiger partial charge in [-0.1, -0.05) is 55.2 Å². The van der Waals surface area contributed by atoms with E-state index >= 15 is 0 Å². The van der Waals surface area contributed by atoms with Crippen molar-refractivity contribution < 1.29 is 9.18 Å². The van der Waals surface area contributed by atoms with E-state index in [1.165, 1.54) is 6.07 Å². The SMILES string of the molecule is CC(C)CNC(=O)[C@@H](C)n1c(Cc2ccccc2F)nc2cc(Cl)c(Cl)cc21. The first kappa shape index (κ1) is 20.6. The molecule has 7 heteroatoms. The second kappa shape index (κ2) is 8.50. The molecule has 1 amide bonds. The lowest BCUT2D eigenvalue weighted by atomic mass is 10.1. The fraction of sp³-hybridized carbons (Fsp3) is 0.333. The Kier molecular flexibility index (Phi) is 6.26. The van der Waals surface area contributed by atoms with Gasteiger partial charge in [0.15, 0.2) is 0 Å². The first-order chi connectivity index (χ1) is 13.3. The van der Waals surface area contributed by atoms with Gasteiger partial charge in [0.2, 0.25) is 5.91 Å². The third kappa shape index (κ3) is 4.31. The Morgan fingerprint density at radius 1 is 1.18 bits per heavy atom. The lowest BCUT2D eigenvalue weighted by molar-refractivity contribution is -0.124. The molecule has 148 valence electrons. The zero-order chi connectivity index (χ0) is 20.4. The molecular weight excluding hydrogens is 400 g/mol. The number of rotatable bonds is 6. The van der Waals surface area contributed by atoms with Crippen molar-refractivity contribution in [3.63, 3.8) is 0 Å². The number of carbonyl (C=O) groups is 1. The molecule has 2 aromatic carbocycles. The molecular formula is C21H22Cl2FN3O. The van der Waals surface area contributed by atoms with E-state index in [4.69, 9.17) is 23.2 Å². The summed E-state index contributed by atoms with van der Waals surface area (Å²) in [5.41, 5.74) is 1.81. The number of aromatic nitrogens is 2. The fourth-order valence-corrected chi connectivity index (χ4v) is 3.39. The number of fused-ring (bicyclic) bond motifs is 1. The van der Waals surface area contributed by atoms with Gasteiger partial charge >= 0.3 is 0 Å². The van der Waals surface area contributed by atoms with Gasteiger partial charge in [-0.2, -0.15) is 0 Å². The van der Waals surface area contributed by atoms with E-state index < -0.39 is 6.04 Å². The van der Waals surface area contributed by atoms with Crippen molar-refractivity contribution in [2.75, 3.05) is 6.54 Å². The van der Waals surface area contributed by atoms with E-state index in [2.05, 4.69) is 10.3 Å². The van der Waals surface area contributed by atoms with Crippen LogP contribution in [0.25, 0.3) is 11.0 Å². The van der Waals surface area contributed by atoms with Crippen LogP contribution in [0.4, 0.5) is 4.39 Å². The number of hydrogen-bond acceptors (Lipinski definition) is 2. The van der Waals surface area contributed by atoms with Crippen molar-refractivity contribution >= 4 is 40.1 Å². The Morgan fingerprint density at radius 3 is 2.54 bits per heavy atom. The molecule has 0 unspecified atom stereocenters. The molecule has 0 radical (unpaired) electrons. The summed E-state index contributed by atoms with van der Waals surface area (Å²) < 4.78 is 16.0. The number of nitrogens with one attached hydrogen (secondary N) is 1. The molecule has 1 N–H and O–H groups in total. The van der Waals surface area contributed by atoms with Crippen LogP contribution in [0.2, 0.25) is 10.0 Å². The van der Waals surface area contributed by atoms with E-state index in [0.717, 1.165) is 0 Å². The van der Waals surface area contributed by atoms with Gasteiger partial charge in [-0.15, -0.1) is 0 Å². The van der Waals surface area contributed by atoms with Gasteiger partial charge in [0.1, 0.15) is 17.7 Å². The topological polar surface area (TPSA) is 46.9 Å². The zero-order valence-corrected chi connectivity index (χ0v) is 17.5. The quantitative estimate of drug-likeness (QED) is 0.578.